The van der Waals surface area contributed by atoms with E-state index in [2.05, 4.69) is 4.72 Å². The first kappa shape index (κ1) is 13.3. The molecule has 0 aromatic heterocycles. The van der Waals surface area contributed by atoms with Gasteiger partial charge in [0.2, 0.25) is 10.0 Å². The van der Waals surface area contributed by atoms with E-state index in [1.54, 1.807) is 0 Å². The van der Waals surface area contributed by atoms with E-state index in [9.17, 15) is 17.2 Å². The topological polar surface area (TPSA) is 107 Å². The molecule has 1 aromatic rings. The minimum Gasteiger partial charge on any atom is -0.768 e. The van der Waals surface area contributed by atoms with Crippen LogP contribution in [0.25, 0.3) is 0 Å². The summed E-state index contributed by atoms with van der Waals surface area (Å²) in [4.78, 5) is -0.255. The van der Waals surface area contributed by atoms with Crippen LogP contribution in [0, 0.1) is 0 Å². The lowest BCUT2D eigenvalue weighted by Crippen LogP contribution is -2.26. The van der Waals surface area contributed by atoms with Crippen LogP contribution in [0.15, 0.2) is 34.1 Å². The first-order chi connectivity index (χ1) is 7.47. The molecule has 0 radical (unpaired) electrons. The molecule has 0 amide bonds. The summed E-state index contributed by atoms with van der Waals surface area (Å²) < 4.78 is 46.5. The van der Waals surface area contributed by atoms with Crippen molar-refractivity contribution in [3.05, 3.63) is 24.3 Å². The van der Waals surface area contributed by atoms with Crippen LogP contribution in [-0.4, -0.2) is 35.4 Å². The highest BCUT2D eigenvalue weighted by Crippen LogP contribution is 2.13. The number of rotatable bonds is 5. The number of nitrogens with one attached hydrogen (secondary N) is 1. The zero-order chi connectivity index (χ0) is 12.2. The molecule has 0 fully saturated rings. The lowest BCUT2D eigenvalue weighted by atomic mass is 10.4. The molecule has 0 aliphatic heterocycles. The summed E-state index contributed by atoms with van der Waals surface area (Å²) in [5.74, 6) is 0. The second kappa shape index (κ2) is 5.51. The molecule has 8 heteroatoms. The van der Waals surface area contributed by atoms with Crippen molar-refractivity contribution in [2.75, 3.05) is 13.2 Å². The molecular formula is C8H10NO5S2-. The summed E-state index contributed by atoms with van der Waals surface area (Å²) in [6.07, 6.45) is 0. The van der Waals surface area contributed by atoms with Crippen molar-refractivity contribution >= 4 is 21.1 Å². The van der Waals surface area contributed by atoms with E-state index in [0.717, 1.165) is 6.07 Å². The van der Waals surface area contributed by atoms with Crippen molar-refractivity contribution in [2.24, 2.45) is 0 Å². The van der Waals surface area contributed by atoms with Crippen molar-refractivity contribution in [3.8, 4) is 0 Å². The van der Waals surface area contributed by atoms with E-state index >= 15 is 0 Å². The fraction of sp³-hybridized carbons (Fsp3) is 0.250. The Bertz CT molecular complexity index is 485. The molecule has 0 bridgehead atoms. The third-order valence-electron chi connectivity index (χ3n) is 1.71. The molecule has 2 N–H and O–H groups in total. The number of hydrogen-bond donors (Lipinski definition) is 2. The Labute approximate surface area is 95.6 Å². The summed E-state index contributed by atoms with van der Waals surface area (Å²) >= 11 is -2.47. The standard InChI is InChI=1S/C8H11NO5S2/c10-5-4-9-16(13,14)8-3-1-2-7(6-8)15(11)12/h1-3,6,9-10H,4-5H2,(H,11,12)/p-1. The molecule has 0 saturated heterocycles. The lowest BCUT2D eigenvalue weighted by molar-refractivity contribution is 0.301. The van der Waals surface area contributed by atoms with Gasteiger partial charge < -0.3 is 9.66 Å². The van der Waals surface area contributed by atoms with Gasteiger partial charge in [-0.3, -0.25) is 4.21 Å². The van der Waals surface area contributed by atoms with Gasteiger partial charge in [0.15, 0.2) is 0 Å². The Kier molecular flexibility index (Phi) is 4.56. The zero-order valence-corrected chi connectivity index (χ0v) is 9.75. The first-order valence-corrected chi connectivity index (χ1v) is 6.83. The third-order valence-corrected chi connectivity index (χ3v) is 3.81. The van der Waals surface area contributed by atoms with Crippen molar-refractivity contribution in [3.63, 3.8) is 0 Å². The maximum absolute atomic E-state index is 11.5. The number of sulfonamides is 1. The SMILES string of the molecule is O=S([O-])c1cccc(S(=O)(=O)NCCO)c1. The Morgan fingerprint density at radius 3 is 2.69 bits per heavy atom. The van der Waals surface area contributed by atoms with Gasteiger partial charge in [0, 0.05) is 11.4 Å². The Balaban J connectivity index is 3.04. The van der Waals surface area contributed by atoms with Crippen molar-refractivity contribution in [2.45, 2.75) is 9.79 Å². The maximum atomic E-state index is 11.5. The maximum Gasteiger partial charge on any atom is 0.240 e. The number of aliphatic hydroxyl groups excluding tert-OH is 1. The molecule has 1 rings (SSSR count). The first-order valence-electron chi connectivity index (χ1n) is 4.27. The summed E-state index contributed by atoms with van der Waals surface area (Å²) in [5.41, 5.74) is 0. The van der Waals surface area contributed by atoms with Crippen LogP contribution in [0.3, 0.4) is 0 Å². The largest absolute Gasteiger partial charge is 0.768 e. The molecule has 1 unspecified atom stereocenters. The predicted octanol–water partition coefficient (Wildman–Crippen LogP) is -0.805. The number of hydrogen-bond acceptors (Lipinski definition) is 5. The summed E-state index contributed by atoms with van der Waals surface area (Å²) in [6, 6.07) is 4.94. The fourth-order valence-electron chi connectivity index (χ4n) is 1.01. The van der Waals surface area contributed by atoms with Gasteiger partial charge >= 0.3 is 0 Å². The van der Waals surface area contributed by atoms with Crippen LogP contribution >= 0.6 is 0 Å². The fourth-order valence-corrected chi connectivity index (χ4v) is 2.56. The lowest BCUT2D eigenvalue weighted by Gasteiger charge is -2.08. The average Bonchev–Trinajstić information content (AvgIpc) is 2.26. The van der Waals surface area contributed by atoms with E-state index in [1.165, 1.54) is 18.2 Å². The summed E-state index contributed by atoms with van der Waals surface area (Å²) in [6.45, 7) is -0.445. The van der Waals surface area contributed by atoms with Crippen LogP contribution in [0.5, 0.6) is 0 Å². The van der Waals surface area contributed by atoms with E-state index < -0.39 is 21.1 Å². The number of aliphatic hydroxyl groups is 1. The summed E-state index contributed by atoms with van der Waals surface area (Å²) in [5, 5.41) is 8.49. The van der Waals surface area contributed by atoms with Gasteiger partial charge in [-0.2, -0.15) is 0 Å². The van der Waals surface area contributed by atoms with E-state index in [4.69, 9.17) is 5.11 Å². The highest BCUT2D eigenvalue weighted by atomic mass is 32.2. The normalized spacial score (nSPS) is 13.6. The van der Waals surface area contributed by atoms with Crippen LogP contribution in [0.4, 0.5) is 0 Å². The smallest absolute Gasteiger partial charge is 0.240 e. The van der Waals surface area contributed by atoms with E-state index in [-0.39, 0.29) is 22.9 Å². The van der Waals surface area contributed by atoms with Gasteiger partial charge in [0.1, 0.15) is 0 Å². The second-order valence-corrected chi connectivity index (χ2v) is 5.54. The molecule has 16 heavy (non-hydrogen) atoms. The van der Waals surface area contributed by atoms with Crippen molar-refractivity contribution < 1.29 is 22.3 Å². The molecule has 6 nitrogen and oxygen atoms in total. The van der Waals surface area contributed by atoms with Crippen LogP contribution in [-0.2, 0) is 21.1 Å². The Morgan fingerprint density at radius 1 is 1.44 bits per heavy atom. The second-order valence-electron chi connectivity index (χ2n) is 2.83. The molecule has 0 heterocycles. The van der Waals surface area contributed by atoms with Gasteiger partial charge in [-0.15, -0.1) is 0 Å². The van der Waals surface area contributed by atoms with Crippen molar-refractivity contribution in [1.82, 2.24) is 4.72 Å². The van der Waals surface area contributed by atoms with Gasteiger partial charge in [-0.05, 0) is 29.3 Å². The van der Waals surface area contributed by atoms with E-state index in [1.807, 2.05) is 0 Å². The number of benzene rings is 1. The average molecular weight is 264 g/mol. The minimum atomic E-state index is -3.76. The highest BCUT2D eigenvalue weighted by Gasteiger charge is 2.13. The van der Waals surface area contributed by atoms with Gasteiger partial charge in [-0.25, -0.2) is 13.1 Å². The molecule has 0 aliphatic carbocycles. The molecule has 1 atom stereocenters. The van der Waals surface area contributed by atoms with Gasteiger partial charge in [0.25, 0.3) is 0 Å². The quantitative estimate of drug-likeness (QED) is 0.677. The van der Waals surface area contributed by atoms with Crippen LogP contribution < -0.4 is 4.72 Å². The van der Waals surface area contributed by atoms with Crippen LogP contribution in [0.2, 0.25) is 0 Å². The Hall–Kier alpha value is -0.800. The van der Waals surface area contributed by atoms with Crippen molar-refractivity contribution in [1.29, 1.82) is 0 Å². The third kappa shape index (κ3) is 3.35. The van der Waals surface area contributed by atoms with Gasteiger partial charge in [-0.1, -0.05) is 6.07 Å². The predicted molar refractivity (Wildman–Crippen MR) is 55.9 cm³/mol. The van der Waals surface area contributed by atoms with Gasteiger partial charge in [0.05, 0.1) is 11.5 Å². The minimum absolute atomic E-state index is 0.105. The zero-order valence-electron chi connectivity index (χ0n) is 8.12. The molecule has 1 aromatic carbocycles. The highest BCUT2D eigenvalue weighted by molar-refractivity contribution is 7.89. The molecule has 0 spiro atoms. The molecule has 90 valence electrons. The summed E-state index contributed by atoms with van der Waals surface area (Å²) in [7, 11) is -3.76. The monoisotopic (exact) mass is 264 g/mol. The Morgan fingerprint density at radius 2 is 2.12 bits per heavy atom. The molecular weight excluding hydrogens is 254 g/mol. The van der Waals surface area contributed by atoms with Crippen LogP contribution in [0.1, 0.15) is 0 Å². The van der Waals surface area contributed by atoms with E-state index in [0.29, 0.717) is 0 Å². The molecule has 0 saturated carbocycles. The molecule has 0 aliphatic rings.